The summed E-state index contributed by atoms with van der Waals surface area (Å²) >= 11 is 9.28. The van der Waals surface area contributed by atoms with E-state index >= 15 is 0 Å². The number of hydrogen-bond acceptors (Lipinski definition) is 2. The summed E-state index contributed by atoms with van der Waals surface area (Å²) in [4.78, 5) is 10.4. The van der Waals surface area contributed by atoms with Gasteiger partial charge in [0.25, 0.3) is 0 Å². The van der Waals surface area contributed by atoms with E-state index in [1.807, 2.05) is 30.3 Å². The smallest absolute Gasteiger partial charge is 0.357 e. The Hall–Kier alpha value is -0.665. The SMILES string of the molecule is CC(=O)OCc1ccccc1.Cl[B]Cl. The van der Waals surface area contributed by atoms with Crippen molar-refractivity contribution in [2.45, 2.75) is 13.5 Å². The van der Waals surface area contributed by atoms with Gasteiger partial charge in [-0.25, -0.2) is 0 Å². The molecule has 0 aliphatic heterocycles. The molecule has 1 radical (unpaired) electrons. The van der Waals surface area contributed by atoms with Gasteiger partial charge in [0, 0.05) is 6.92 Å². The molecule has 0 aromatic heterocycles. The van der Waals surface area contributed by atoms with Gasteiger partial charge in [0.05, 0.1) is 0 Å². The van der Waals surface area contributed by atoms with Crippen molar-refractivity contribution >= 4 is 35.0 Å². The summed E-state index contributed by atoms with van der Waals surface area (Å²) < 4.78 is 4.79. The third-order valence-electron chi connectivity index (χ3n) is 1.28. The first kappa shape index (κ1) is 13.3. The monoisotopic (exact) mass is 231 g/mol. The van der Waals surface area contributed by atoms with Crippen LogP contribution in [0.25, 0.3) is 0 Å². The van der Waals surface area contributed by atoms with Crippen LogP contribution in [0.4, 0.5) is 0 Å². The van der Waals surface area contributed by atoms with Gasteiger partial charge in [-0.15, -0.1) is 0 Å². The van der Waals surface area contributed by atoms with E-state index in [0.29, 0.717) is 6.61 Å². The molecule has 0 saturated heterocycles. The van der Waals surface area contributed by atoms with Crippen LogP contribution in [0.3, 0.4) is 0 Å². The minimum atomic E-state index is -0.242. The number of halogens is 2. The number of hydrogen-bond donors (Lipinski definition) is 0. The van der Waals surface area contributed by atoms with Gasteiger partial charge in [0.2, 0.25) is 0 Å². The first-order valence-corrected chi connectivity index (χ1v) is 4.77. The normalized spacial score (nSPS) is 8.21. The summed E-state index contributed by atoms with van der Waals surface area (Å²) in [7, 11) is 0. The van der Waals surface area contributed by atoms with Crippen LogP contribution in [0.2, 0.25) is 0 Å². The lowest BCUT2D eigenvalue weighted by molar-refractivity contribution is -0.142. The molecule has 0 heterocycles. The van der Waals surface area contributed by atoms with Crippen molar-refractivity contribution < 1.29 is 9.53 Å². The molecule has 2 nitrogen and oxygen atoms in total. The van der Waals surface area contributed by atoms with Crippen LogP contribution in [0.5, 0.6) is 0 Å². The molecule has 75 valence electrons. The Balaban J connectivity index is 0.000000500. The second-order valence-electron chi connectivity index (χ2n) is 2.35. The van der Waals surface area contributed by atoms with Crippen LogP contribution >= 0.6 is 22.9 Å². The molecule has 0 bridgehead atoms. The molecule has 1 aromatic rings. The fourth-order valence-electron chi connectivity index (χ4n) is 0.759. The zero-order valence-electron chi connectivity index (χ0n) is 7.74. The Bertz CT molecular complexity index is 254. The van der Waals surface area contributed by atoms with Crippen LogP contribution in [0, 0.1) is 0 Å². The summed E-state index contributed by atoms with van der Waals surface area (Å²) in [5, 5.41) is 0. The van der Waals surface area contributed by atoms with Crippen LogP contribution in [0.15, 0.2) is 30.3 Å². The Morgan fingerprint density at radius 1 is 1.36 bits per heavy atom. The van der Waals surface area contributed by atoms with Crippen molar-refractivity contribution in [3.63, 3.8) is 0 Å². The van der Waals surface area contributed by atoms with Crippen molar-refractivity contribution in [1.29, 1.82) is 0 Å². The molecule has 1 aromatic carbocycles. The van der Waals surface area contributed by atoms with Crippen molar-refractivity contribution in [1.82, 2.24) is 0 Å². The van der Waals surface area contributed by atoms with Crippen LogP contribution in [-0.4, -0.2) is 12.1 Å². The molecule has 0 aliphatic rings. The predicted octanol–water partition coefficient (Wildman–Crippen LogP) is 2.75. The van der Waals surface area contributed by atoms with Gasteiger partial charge < -0.3 is 4.74 Å². The fraction of sp³-hybridized carbons (Fsp3) is 0.222. The molecular formula is C9H10BCl2O2. The molecule has 0 fully saturated rings. The lowest BCUT2D eigenvalue weighted by Crippen LogP contribution is -1.97. The molecule has 0 spiro atoms. The molecule has 0 unspecified atom stereocenters. The number of carbonyl (C=O) groups is 1. The molecule has 0 aliphatic carbocycles. The lowest BCUT2D eigenvalue weighted by atomic mass is 10.2. The molecule has 0 saturated carbocycles. The highest BCUT2D eigenvalue weighted by Crippen LogP contribution is 1.99. The number of benzene rings is 1. The predicted molar refractivity (Wildman–Crippen MR) is 59.4 cm³/mol. The third-order valence-corrected chi connectivity index (χ3v) is 1.28. The zero-order chi connectivity index (χ0) is 10.8. The molecule has 5 heteroatoms. The molecule has 1 rings (SSSR count). The lowest BCUT2D eigenvalue weighted by Gasteiger charge is -1.99. The van der Waals surface area contributed by atoms with Crippen molar-refractivity contribution in [3.05, 3.63) is 35.9 Å². The van der Waals surface area contributed by atoms with E-state index in [1.165, 1.54) is 6.92 Å². The zero-order valence-corrected chi connectivity index (χ0v) is 9.26. The maximum absolute atomic E-state index is 10.4. The molecule has 0 amide bonds. The first-order valence-electron chi connectivity index (χ1n) is 3.90. The van der Waals surface area contributed by atoms with Crippen LogP contribution < -0.4 is 0 Å². The number of esters is 1. The van der Waals surface area contributed by atoms with Gasteiger partial charge in [-0.1, -0.05) is 30.3 Å². The van der Waals surface area contributed by atoms with E-state index in [9.17, 15) is 4.79 Å². The van der Waals surface area contributed by atoms with Crippen molar-refractivity contribution in [3.8, 4) is 0 Å². The maximum Gasteiger partial charge on any atom is 0.357 e. The van der Waals surface area contributed by atoms with Gasteiger partial charge in [0.15, 0.2) is 0 Å². The van der Waals surface area contributed by atoms with Gasteiger partial charge in [-0.3, -0.25) is 4.79 Å². The average molecular weight is 232 g/mol. The molecule has 0 N–H and O–H groups in total. The fourth-order valence-corrected chi connectivity index (χ4v) is 0.759. The second kappa shape index (κ2) is 8.91. The third kappa shape index (κ3) is 7.96. The van der Waals surface area contributed by atoms with E-state index in [0.717, 1.165) is 11.7 Å². The van der Waals surface area contributed by atoms with Crippen molar-refractivity contribution in [2.24, 2.45) is 0 Å². The van der Waals surface area contributed by atoms with Crippen LogP contribution in [0.1, 0.15) is 12.5 Å². The van der Waals surface area contributed by atoms with E-state index < -0.39 is 0 Å². The molecular weight excluding hydrogens is 222 g/mol. The van der Waals surface area contributed by atoms with Gasteiger partial charge in [-0.05, 0) is 5.56 Å². The van der Waals surface area contributed by atoms with Gasteiger partial charge in [-0.2, -0.15) is 22.9 Å². The summed E-state index contributed by atoms with van der Waals surface area (Å²) in [6.45, 7) is 1.78. The summed E-state index contributed by atoms with van der Waals surface area (Å²) in [5.74, 6) is -0.242. The minimum Gasteiger partial charge on any atom is -0.461 e. The summed E-state index contributed by atoms with van der Waals surface area (Å²) in [6.07, 6.45) is 0.944. The molecule has 14 heavy (non-hydrogen) atoms. The number of carbonyl (C=O) groups excluding carboxylic acids is 1. The first-order chi connectivity index (χ1) is 6.70. The number of rotatable bonds is 2. The van der Waals surface area contributed by atoms with Gasteiger partial charge in [0.1, 0.15) is 6.61 Å². The molecule has 0 atom stereocenters. The largest absolute Gasteiger partial charge is 0.461 e. The second-order valence-corrected chi connectivity index (χ2v) is 3.01. The van der Waals surface area contributed by atoms with Gasteiger partial charge >= 0.3 is 12.1 Å². The highest BCUT2D eigenvalue weighted by molar-refractivity contribution is 7.22. The van der Waals surface area contributed by atoms with E-state index in [1.54, 1.807) is 0 Å². The average Bonchev–Trinajstić information content (AvgIpc) is 2.18. The Kier molecular flexibility index (Phi) is 8.49. The Morgan fingerprint density at radius 3 is 2.29 bits per heavy atom. The van der Waals surface area contributed by atoms with E-state index in [-0.39, 0.29) is 5.97 Å². The summed E-state index contributed by atoms with van der Waals surface area (Å²) in [6, 6.07) is 9.60. The van der Waals surface area contributed by atoms with Crippen molar-refractivity contribution in [2.75, 3.05) is 0 Å². The van der Waals surface area contributed by atoms with Crippen LogP contribution in [-0.2, 0) is 16.1 Å². The van der Waals surface area contributed by atoms with E-state index in [2.05, 4.69) is 22.9 Å². The standard InChI is InChI=1S/C9H10O2.BCl2/c1-8(10)11-7-9-5-3-2-4-6-9;2-1-3/h2-6H,7H2,1H3;. The van der Waals surface area contributed by atoms with E-state index in [4.69, 9.17) is 4.74 Å². The minimum absolute atomic E-state index is 0.242. The Morgan fingerprint density at radius 2 is 1.86 bits per heavy atom. The highest BCUT2D eigenvalue weighted by atomic mass is 35.5. The highest BCUT2D eigenvalue weighted by Gasteiger charge is 1.93. The maximum atomic E-state index is 10.4. The summed E-state index contributed by atoms with van der Waals surface area (Å²) in [5.41, 5.74) is 1.02. The Labute approximate surface area is 94.2 Å². The number of ether oxygens (including phenoxy) is 1. The topological polar surface area (TPSA) is 26.3 Å². The quantitative estimate of drug-likeness (QED) is 0.578.